The van der Waals surface area contributed by atoms with Crippen LogP contribution in [0.2, 0.25) is 0 Å². The van der Waals surface area contributed by atoms with Crippen molar-refractivity contribution in [1.82, 2.24) is 15.1 Å². The van der Waals surface area contributed by atoms with Crippen molar-refractivity contribution in [2.75, 3.05) is 43.0 Å². The molecule has 3 aliphatic rings. The molecule has 0 radical (unpaired) electrons. The molecule has 1 aliphatic carbocycles. The van der Waals surface area contributed by atoms with Gasteiger partial charge in [-0.1, -0.05) is 6.42 Å². The van der Waals surface area contributed by atoms with Gasteiger partial charge in [-0.25, -0.2) is 4.79 Å². The fourth-order valence-electron chi connectivity index (χ4n) is 4.33. The Morgan fingerprint density at radius 3 is 2.38 bits per heavy atom. The van der Waals surface area contributed by atoms with Crippen molar-refractivity contribution in [3.63, 3.8) is 0 Å². The highest BCUT2D eigenvalue weighted by molar-refractivity contribution is 7.99. The molecule has 2 N–H and O–H groups in total. The number of hydrogen-bond donors (Lipinski definition) is 2. The highest BCUT2D eigenvalue weighted by atomic mass is 32.2. The number of hydrogen-bond acceptors (Lipinski definition) is 5. The Kier molecular flexibility index (Phi) is 7.21. The van der Waals surface area contributed by atoms with Gasteiger partial charge in [0, 0.05) is 49.4 Å². The fraction of sp³-hybridized carbons (Fsp3) is 0.682. The Morgan fingerprint density at radius 1 is 1.07 bits per heavy atom. The van der Waals surface area contributed by atoms with Crippen molar-refractivity contribution >= 4 is 23.5 Å². The zero-order valence-corrected chi connectivity index (χ0v) is 18.3. The first-order valence-corrected chi connectivity index (χ1v) is 12.2. The monoisotopic (exact) mass is 418 g/mol. The van der Waals surface area contributed by atoms with Gasteiger partial charge in [-0.05, 0) is 56.9 Å². The number of thioether (sulfide) groups is 1. The molecule has 3 fully saturated rings. The van der Waals surface area contributed by atoms with E-state index in [0.717, 1.165) is 68.0 Å². The lowest BCUT2D eigenvalue weighted by molar-refractivity contribution is 0.0493. The third kappa shape index (κ3) is 5.80. The van der Waals surface area contributed by atoms with Gasteiger partial charge in [0.05, 0.1) is 6.17 Å². The van der Waals surface area contributed by atoms with Gasteiger partial charge in [0.2, 0.25) is 0 Å². The maximum absolute atomic E-state index is 12.3. The highest BCUT2D eigenvalue weighted by Crippen LogP contribution is 2.28. The van der Waals surface area contributed by atoms with Crippen molar-refractivity contribution < 1.29 is 9.53 Å². The van der Waals surface area contributed by atoms with E-state index in [-0.39, 0.29) is 12.2 Å². The Hall–Kier alpha value is -1.44. The summed E-state index contributed by atoms with van der Waals surface area (Å²) in [6.07, 6.45) is 6.71. The molecule has 6 nitrogen and oxygen atoms in total. The van der Waals surface area contributed by atoms with E-state index >= 15 is 0 Å². The number of benzene rings is 1. The van der Waals surface area contributed by atoms with Crippen molar-refractivity contribution in [3.05, 3.63) is 24.3 Å². The van der Waals surface area contributed by atoms with Crippen LogP contribution < -0.4 is 15.4 Å². The summed E-state index contributed by atoms with van der Waals surface area (Å²) in [6.45, 7) is 6.41. The first kappa shape index (κ1) is 20.8. The second kappa shape index (κ2) is 10.0. The first-order valence-electron chi connectivity index (χ1n) is 11.1. The Morgan fingerprint density at radius 2 is 1.76 bits per heavy atom. The second-order valence-electron chi connectivity index (χ2n) is 8.39. The van der Waals surface area contributed by atoms with E-state index in [1.807, 2.05) is 43.0 Å². The predicted molar refractivity (Wildman–Crippen MR) is 120 cm³/mol. The quantitative estimate of drug-likeness (QED) is 0.739. The highest BCUT2D eigenvalue weighted by Gasteiger charge is 2.29. The predicted octanol–water partition coefficient (Wildman–Crippen LogP) is 3.60. The van der Waals surface area contributed by atoms with E-state index in [0.29, 0.717) is 6.10 Å². The van der Waals surface area contributed by atoms with Gasteiger partial charge in [0.15, 0.2) is 0 Å². The molecule has 160 valence electrons. The third-order valence-electron chi connectivity index (χ3n) is 6.42. The molecular formula is C22H34N4O2S. The van der Waals surface area contributed by atoms with Gasteiger partial charge in [-0.15, -0.1) is 0 Å². The number of rotatable bonds is 6. The number of likely N-dealkylation sites (tertiary alicyclic amines) is 1. The van der Waals surface area contributed by atoms with Crippen LogP contribution in [-0.4, -0.2) is 71.8 Å². The largest absolute Gasteiger partial charge is 0.490 e. The maximum Gasteiger partial charge on any atom is 0.320 e. The van der Waals surface area contributed by atoms with Gasteiger partial charge in [-0.2, -0.15) is 11.8 Å². The molecule has 1 saturated carbocycles. The standard InChI is InChI=1S/C22H34N4O2S/c1-17(25-13-15-29-16-14-25)23-22(27)24-18-5-7-20(8-6-18)28-21-9-11-26(12-10-21)19-3-2-4-19/h5-8,17,19,21H,2-4,9-16H2,1H3,(H2,23,24,27). The summed E-state index contributed by atoms with van der Waals surface area (Å²) >= 11 is 1.97. The molecule has 2 heterocycles. The molecular weight excluding hydrogens is 384 g/mol. The van der Waals surface area contributed by atoms with Crippen molar-refractivity contribution in [3.8, 4) is 5.75 Å². The second-order valence-corrected chi connectivity index (χ2v) is 9.61. The van der Waals surface area contributed by atoms with Crippen LogP contribution in [-0.2, 0) is 0 Å². The zero-order valence-electron chi connectivity index (χ0n) is 17.4. The fourth-order valence-corrected chi connectivity index (χ4v) is 5.26. The van der Waals surface area contributed by atoms with Crippen LogP contribution in [0.4, 0.5) is 10.5 Å². The Labute approximate surface area is 178 Å². The van der Waals surface area contributed by atoms with Crippen LogP contribution in [0, 0.1) is 0 Å². The summed E-state index contributed by atoms with van der Waals surface area (Å²) in [5.41, 5.74) is 0.788. The molecule has 0 spiro atoms. The lowest BCUT2D eigenvalue weighted by Crippen LogP contribution is -2.50. The molecule has 1 aromatic rings. The van der Waals surface area contributed by atoms with E-state index in [1.54, 1.807) is 0 Å². The average molecular weight is 419 g/mol. The normalized spacial score (nSPS) is 23.2. The van der Waals surface area contributed by atoms with Crippen molar-refractivity contribution in [2.24, 2.45) is 0 Å². The molecule has 1 atom stereocenters. The summed E-state index contributed by atoms with van der Waals surface area (Å²) in [5, 5.41) is 5.96. The molecule has 2 aliphatic heterocycles. The van der Waals surface area contributed by atoms with E-state index in [2.05, 4.69) is 20.4 Å². The van der Waals surface area contributed by atoms with Gasteiger partial charge in [0.25, 0.3) is 0 Å². The number of anilines is 1. The molecule has 2 amide bonds. The molecule has 0 bridgehead atoms. The number of nitrogens with one attached hydrogen (secondary N) is 2. The minimum Gasteiger partial charge on any atom is -0.490 e. The van der Waals surface area contributed by atoms with Crippen LogP contribution in [0.25, 0.3) is 0 Å². The summed E-state index contributed by atoms with van der Waals surface area (Å²) in [4.78, 5) is 17.2. The summed E-state index contributed by atoms with van der Waals surface area (Å²) in [7, 11) is 0. The van der Waals surface area contributed by atoms with Gasteiger partial charge >= 0.3 is 6.03 Å². The zero-order chi connectivity index (χ0) is 20.1. The van der Waals surface area contributed by atoms with Crippen LogP contribution in [0.1, 0.15) is 39.0 Å². The van der Waals surface area contributed by atoms with E-state index in [9.17, 15) is 4.79 Å². The van der Waals surface area contributed by atoms with Crippen LogP contribution in [0.5, 0.6) is 5.75 Å². The molecule has 4 rings (SSSR count). The Bertz CT molecular complexity index is 653. The average Bonchev–Trinajstić information content (AvgIpc) is 2.70. The number of carbonyl (C=O) groups is 1. The van der Waals surface area contributed by atoms with Crippen LogP contribution >= 0.6 is 11.8 Å². The van der Waals surface area contributed by atoms with Gasteiger partial charge in [-0.3, -0.25) is 4.90 Å². The first-order chi connectivity index (χ1) is 14.2. The summed E-state index contributed by atoms with van der Waals surface area (Å²) in [5.74, 6) is 3.15. The molecule has 1 unspecified atom stereocenters. The SMILES string of the molecule is CC(NC(=O)Nc1ccc(OC2CCN(C3CCC3)CC2)cc1)N1CCSCC1. The van der Waals surface area contributed by atoms with Gasteiger partial charge < -0.3 is 20.3 Å². The van der Waals surface area contributed by atoms with Crippen LogP contribution in [0.3, 0.4) is 0 Å². The van der Waals surface area contributed by atoms with E-state index in [1.165, 1.54) is 19.3 Å². The van der Waals surface area contributed by atoms with Gasteiger partial charge in [0.1, 0.15) is 11.9 Å². The minimum absolute atomic E-state index is 0.0457. The molecule has 0 aromatic heterocycles. The summed E-state index contributed by atoms with van der Waals surface area (Å²) in [6, 6.07) is 8.43. The molecule has 29 heavy (non-hydrogen) atoms. The lowest BCUT2D eigenvalue weighted by atomic mass is 9.90. The maximum atomic E-state index is 12.3. The minimum atomic E-state index is -0.159. The lowest BCUT2D eigenvalue weighted by Gasteiger charge is -2.41. The van der Waals surface area contributed by atoms with E-state index < -0.39 is 0 Å². The molecule has 2 saturated heterocycles. The van der Waals surface area contributed by atoms with Crippen molar-refractivity contribution in [2.45, 2.75) is 57.3 Å². The van der Waals surface area contributed by atoms with Crippen LogP contribution in [0.15, 0.2) is 24.3 Å². The smallest absolute Gasteiger partial charge is 0.320 e. The number of carbonyl (C=O) groups excluding carboxylic acids is 1. The number of amides is 2. The molecule has 1 aromatic carbocycles. The summed E-state index contributed by atoms with van der Waals surface area (Å²) < 4.78 is 6.18. The molecule has 7 heteroatoms. The topological polar surface area (TPSA) is 56.8 Å². The third-order valence-corrected chi connectivity index (χ3v) is 7.36. The Balaban J connectivity index is 1.19. The number of nitrogens with zero attached hydrogens (tertiary/aromatic N) is 2. The van der Waals surface area contributed by atoms with E-state index in [4.69, 9.17) is 4.74 Å². The van der Waals surface area contributed by atoms with Crippen molar-refractivity contribution in [1.29, 1.82) is 0 Å². The number of ether oxygens (including phenoxy) is 1. The number of piperidine rings is 1. The number of urea groups is 1.